The van der Waals surface area contributed by atoms with Crippen LogP contribution in [0.2, 0.25) is 15.1 Å². The predicted molar refractivity (Wildman–Crippen MR) is 68.6 cm³/mol. The summed E-state index contributed by atoms with van der Waals surface area (Å²) in [5, 5.41) is 0.705. The van der Waals surface area contributed by atoms with Gasteiger partial charge in [-0.25, -0.2) is 4.99 Å². The highest BCUT2D eigenvalue weighted by Crippen LogP contribution is 2.37. The van der Waals surface area contributed by atoms with Crippen LogP contribution in [0.5, 0.6) is 0 Å². The van der Waals surface area contributed by atoms with Gasteiger partial charge in [0.05, 0.1) is 20.8 Å². The highest BCUT2D eigenvalue weighted by Gasteiger charge is 2.08. The Kier molecular flexibility index (Phi) is 4.23. The molecule has 5 nitrogen and oxygen atoms in total. The third kappa shape index (κ3) is 3.16. The maximum absolute atomic E-state index is 5.89. The van der Waals surface area contributed by atoms with Crippen molar-refractivity contribution in [1.82, 2.24) is 0 Å². The Balaban J connectivity index is 3.17. The molecule has 0 unspecified atom stereocenters. The van der Waals surface area contributed by atoms with Gasteiger partial charge >= 0.3 is 0 Å². The lowest BCUT2D eigenvalue weighted by atomic mass is 10.3. The van der Waals surface area contributed by atoms with Crippen LogP contribution in [-0.4, -0.2) is 11.9 Å². The molecule has 1 rings (SSSR count). The van der Waals surface area contributed by atoms with Crippen molar-refractivity contribution in [2.45, 2.75) is 0 Å². The van der Waals surface area contributed by atoms with E-state index in [2.05, 4.69) is 9.98 Å². The number of guanidine groups is 2. The monoisotopic (exact) mass is 279 g/mol. The van der Waals surface area contributed by atoms with Gasteiger partial charge in [-0.1, -0.05) is 34.8 Å². The van der Waals surface area contributed by atoms with Crippen LogP contribution in [0, 0.1) is 0 Å². The number of rotatable bonds is 1. The Morgan fingerprint density at radius 1 is 1.00 bits per heavy atom. The van der Waals surface area contributed by atoms with E-state index in [0.29, 0.717) is 10.7 Å². The zero-order chi connectivity index (χ0) is 12.3. The Morgan fingerprint density at radius 3 is 2.19 bits per heavy atom. The fraction of sp³-hybridized carbons (Fsp3) is 0. The fourth-order valence-electron chi connectivity index (χ4n) is 0.883. The highest BCUT2D eigenvalue weighted by molar-refractivity contribution is 6.49. The van der Waals surface area contributed by atoms with Crippen molar-refractivity contribution in [1.29, 1.82) is 0 Å². The van der Waals surface area contributed by atoms with Gasteiger partial charge in [0.1, 0.15) is 0 Å². The first kappa shape index (κ1) is 12.9. The molecule has 16 heavy (non-hydrogen) atoms. The molecule has 0 atom stereocenters. The molecule has 0 heterocycles. The van der Waals surface area contributed by atoms with E-state index in [1.807, 2.05) is 0 Å². The first-order valence-electron chi connectivity index (χ1n) is 3.99. The molecule has 1 aromatic rings. The van der Waals surface area contributed by atoms with E-state index < -0.39 is 0 Å². The smallest absolute Gasteiger partial charge is 0.223 e. The quantitative estimate of drug-likeness (QED) is 0.415. The maximum Gasteiger partial charge on any atom is 0.223 e. The van der Waals surface area contributed by atoms with Gasteiger partial charge in [-0.05, 0) is 12.1 Å². The molecule has 0 saturated heterocycles. The Morgan fingerprint density at radius 2 is 1.62 bits per heavy atom. The van der Waals surface area contributed by atoms with Crippen LogP contribution in [0.25, 0.3) is 0 Å². The summed E-state index contributed by atoms with van der Waals surface area (Å²) in [7, 11) is 0. The molecule has 0 aliphatic carbocycles. The standard InChI is InChI=1S/C8H8Cl3N5/c9-3-1-2-4(6(11)5(3)10)15-8(14)16-7(12)13/h1-2H,(H6,12,13,14,15,16). The third-order valence-electron chi connectivity index (χ3n) is 1.49. The first-order chi connectivity index (χ1) is 7.41. The second-order valence-corrected chi connectivity index (χ2v) is 3.86. The van der Waals surface area contributed by atoms with E-state index in [-0.39, 0.29) is 22.0 Å². The summed E-state index contributed by atoms with van der Waals surface area (Å²) in [6, 6.07) is 3.09. The number of nitrogens with two attached hydrogens (primary N) is 3. The number of benzene rings is 1. The normalized spacial score (nSPS) is 11.3. The van der Waals surface area contributed by atoms with Crippen molar-refractivity contribution < 1.29 is 0 Å². The van der Waals surface area contributed by atoms with Gasteiger partial charge in [0.25, 0.3) is 0 Å². The Hall–Kier alpha value is -1.17. The highest BCUT2D eigenvalue weighted by atomic mass is 35.5. The van der Waals surface area contributed by atoms with Crippen molar-refractivity contribution >= 4 is 52.4 Å². The molecule has 0 amide bonds. The lowest BCUT2D eigenvalue weighted by Crippen LogP contribution is -2.26. The summed E-state index contributed by atoms with van der Waals surface area (Å²) in [4.78, 5) is 7.40. The van der Waals surface area contributed by atoms with E-state index in [4.69, 9.17) is 52.0 Å². The summed E-state index contributed by atoms with van der Waals surface area (Å²) in [5.74, 6) is -0.322. The molecule has 8 heteroatoms. The van der Waals surface area contributed by atoms with Crippen molar-refractivity contribution in [2.75, 3.05) is 0 Å². The predicted octanol–water partition coefficient (Wildman–Crippen LogP) is 1.87. The van der Waals surface area contributed by atoms with Crippen LogP contribution in [0.4, 0.5) is 5.69 Å². The van der Waals surface area contributed by atoms with Crippen LogP contribution in [0.3, 0.4) is 0 Å². The topological polar surface area (TPSA) is 103 Å². The van der Waals surface area contributed by atoms with Crippen molar-refractivity contribution in [3.63, 3.8) is 0 Å². The summed E-state index contributed by atoms with van der Waals surface area (Å²) < 4.78 is 0. The second kappa shape index (κ2) is 5.25. The fourth-order valence-corrected chi connectivity index (χ4v) is 1.46. The molecule has 0 spiro atoms. The molecule has 0 fully saturated rings. The van der Waals surface area contributed by atoms with Crippen LogP contribution in [-0.2, 0) is 0 Å². The van der Waals surface area contributed by atoms with E-state index in [0.717, 1.165) is 0 Å². The molecule has 0 saturated carbocycles. The second-order valence-electron chi connectivity index (χ2n) is 2.70. The number of hydrogen-bond donors (Lipinski definition) is 3. The van der Waals surface area contributed by atoms with Gasteiger partial charge in [-0.3, -0.25) is 0 Å². The molecular weight excluding hydrogens is 272 g/mol. The van der Waals surface area contributed by atoms with Crippen LogP contribution in [0.1, 0.15) is 0 Å². The minimum absolute atomic E-state index is 0.125. The SMILES string of the molecule is NC(N)=NC(N)=Nc1ccc(Cl)c(Cl)c1Cl. The number of halogens is 3. The molecule has 6 N–H and O–H groups in total. The van der Waals surface area contributed by atoms with Crippen LogP contribution >= 0.6 is 34.8 Å². The van der Waals surface area contributed by atoms with Crippen molar-refractivity contribution in [3.05, 3.63) is 27.2 Å². The molecule has 0 radical (unpaired) electrons. The van der Waals surface area contributed by atoms with Crippen LogP contribution < -0.4 is 17.2 Å². The Labute approximate surface area is 107 Å². The van der Waals surface area contributed by atoms with Gasteiger partial charge in [0.2, 0.25) is 5.96 Å². The maximum atomic E-state index is 5.89. The molecule has 0 aromatic heterocycles. The lowest BCUT2D eigenvalue weighted by Gasteiger charge is -2.02. The molecule has 0 bridgehead atoms. The molecule has 1 aromatic carbocycles. The van der Waals surface area contributed by atoms with Gasteiger partial charge in [0, 0.05) is 0 Å². The van der Waals surface area contributed by atoms with Gasteiger partial charge in [-0.15, -0.1) is 0 Å². The van der Waals surface area contributed by atoms with Crippen molar-refractivity contribution in [2.24, 2.45) is 27.2 Å². The molecular formula is C8H8Cl3N5. The van der Waals surface area contributed by atoms with Gasteiger partial charge in [-0.2, -0.15) is 4.99 Å². The summed E-state index contributed by atoms with van der Waals surface area (Å²) >= 11 is 17.4. The lowest BCUT2D eigenvalue weighted by molar-refractivity contribution is 1.38. The summed E-state index contributed by atoms with van der Waals surface area (Å²) in [6.45, 7) is 0. The van der Waals surface area contributed by atoms with Gasteiger partial charge in [0.15, 0.2) is 5.96 Å². The number of hydrogen-bond acceptors (Lipinski definition) is 1. The average molecular weight is 281 g/mol. The van der Waals surface area contributed by atoms with Crippen molar-refractivity contribution in [3.8, 4) is 0 Å². The molecule has 0 aliphatic heterocycles. The summed E-state index contributed by atoms with van der Waals surface area (Å²) in [6.07, 6.45) is 0. The van der Waals surface area contributed by atoms with Gasteiger partial charge < -0.3 is 17.2 Å². The molecule has 86 valence electrons. The Bertz CT molecular complexity index is 465. The average Bonchev–Trinajstić information content (AvgIpc) is 2.18. The van der Waals surface area contributed by atoms with Crippen LogP contribution in [0.15, 0.2) is 22.1 Å². The zero-order valence-corrected chi connectivity index (χ0v) is 10.2. The minimum Gasteiger partial charge on any atom is -0.370 e. The van der Waals surface area contributed by atoms with E-state index >= 15 is 0 Å². The number of nitrogens with zero attached hydrogens (tertiary/aromatic N) is 2. The zero-order valence-electron chi connectivity index (χ0n) is 7.92. The van der Waals surface area contributed by atoms with E-state index in [1.165, 1.54) is 6.07 Å². The number of aliphatic imine (C=N–C) groups is 2. The minimum atomic E-state index is -0.197. The third-order valence-corrected chi connectivity index (χ3v) is 2.78. The largest absolute Gasteiger partial charge is 0.370 e. The first-order valence-corrected chi connectivity index (χ1v) is 5.12. The molecule has 0 aliphatic rings. The van der Waals surface area contributed by atoms with E-state index in [1.54, 1.807) is 6.07 Å². The summed E-state index contributed by atoms with van der Waals surface area (Å²) in [5.41, 5.74) is 16.0. The van der Waals surface area contributed by atoms with E-state index in [9.17, 15) is 0 Å².